The van der Waals surface area contributed by atoms with Crippen molar-refractivity contribution in [3.05, 3.63) is 47.7 Å². The minimum absolute atomic E-state index is 0.126. The van der Waals surface area contributed by atoms with Crippen molar-refractivity contribution in [2.24, 2.45) is 7.05 Å². The fourth-order valence-electron chi connectivity index (χ4n) is 1.90. The van der Waals surface area contributed by atoms with Crippen LogP contribution in [0.3, 0.4) is 0 Å². The molecule has 2 heterocycles. The van der Waals surface area contributed by atoms with E-state index in [2.05, 4.69) is 0 Å². The van der Waals surface area contributed by atoms with E-state index >= 15 is 0 Å². The number of carbonyl (C=O) groups is 1. The molecule has 4 nitrogen and oxygen atoms in total. The van der Waals surface area contributed by atoms with Crippen molar-refractivity contribution in [1.29, 1.82) is 0 Å². The predicted octanol–water partition coefficient (Wildman–Crippen LogP) is 2.24. The minimum Gasteiger partial charge on any atom is -0.465 e. The monoisotopic (exact) mass is 246 g/mol. The summed E-state index contributed by atoms with van der Waals surface area (Å²) >= 11 is 0. The molecular formula is C14H18N2O2. The maximum atomic E-state index is 12.0. The second-order valence-corrected chi connectivity index (χ2v) is 4.67. The number of Topliss-reactive ketones (excluding diaryl/α,β-unsaturated/α-hetero) is 1. The number of hydrogen-bond donors (Lipinski definition) is 0. The van der Waals surface area contributed by atoms with Crippen LogP contribution in [0.4, 0.5) is 0 Å². The van der Waals surface area contributed by atoms with Crippen LogP contribution in [0.25, 0.3) is 0 Å². The lowest BCUT2D eigenvalue weighted by molar-refractivity contribution is 0.0939. The largest absolute Gasteiger partial charge is 0.465 e. The number of aromatic nitrogens is 1. The number of carbonyl (C=O) groups excluding carboxylic acids is 1. The van der Waals surface area contributed by atoms with E-state index in [1.165, 1.54) is 0 Å². The molecule has 0 N–H and O–H groups in total. The summed E-state index contributed by atoms with van der Waals surface area (Å²) < 4.78 is 7.37. The van der Waals surface area contributed by atoms with Crippen LogP contribution in [0.15, 0.2) is 35.0 Å². The van der Waals surface area contributed by atoms with Crippen molar-refractivity contribution in [2.75, 3.05) is 13.6 Å². The predicted molar refractivity (Wildman–Crippen MR) is 69.5 cm³/mol. The van der Waals surface area contributed by atoms with Crippen LogP contribution in [0.1, 0.15) is 21.9 Å². The van der Waals surface area contributed by atoms with Gasteiger partial charge in [-0.05, 0) is 32.2 Å². The van der Waals surface area contributed by atoms with E-state index in [9.17, 15) is 4.79 Å². The lowest BCUT2D eigenvalue weighted by atomic mass is 10.2. The van der Waals surface area contributed by atoms with Gasteiger partial charge in [0.05, 0.1) is 13.1 Å². The average Bonchev–Trinajstić information content (AvgIpc) is 2.87. The van der Waals surface area contributed by atoms with Crippen molar-refractivity contribution in [2.45, 2.75) is 13.5 Å². The zero-order chi connectivity index (χ0) is 13.1. The first-order valence-electron chi connectivity index (χ1n) is 5.93. The Balaban J connectivity index is 1.91. The summed E-state index contributed by atoms with van der Waals surface area (Å²) in [6, 6.07) is 5.72. The lowest BCUT2D eigenvalue weighted by Crippen LogP contribution is -2.25. The van der Waals surface area contributed by atoms with Crippen molar-refractivity contribution in [3.8, 4) is 0 Å². The lowest BCUT2D eigenvalue weighted by Gasteiger charge is -2.13. The third-order valence-corrected chi connectivity index (χ3v) is 2.79. The molecule has 0 saturated heterocycles. The van der Waals surface area contributed by atoms with E-state index in [1.807, 2.05) is 61.1 Å². The molecule has 2 aromatic rings. The van der Waals surface area contributed by atoms with Crippen LogP contribution in [0.5, 0.6) is 0 Å². The van der Waals surface area contributed by atoms with E-state index in [0.29, 0.717) is 13.1 Å². The fourth-order valence-corrected chi connectivity index (χ4v) is 1.90. The highest BCUT2D eigenvalue weighted by Gasteiger charge is 2.11. The Labute approximate surface area is 107 Å². The summed E-state index contributed by atoms with van der Waals surface area (Å²) in [5, 5.41) is 0. The molecule has 0 aliphatic heterocycles. The Hall–Kier alpha value is -1.81. The molecular weight excluding hydrogens is 228 g/mol. The van der Waals surface area contributed by atoms with Gasteiger partial charge in [0.1, 0.15) is 11.5 Å². The average molecular weight is 246 g/mol. The maximum absolute atomic E-state index is 12.0. The van der Waals surface area contributed by atoms with E-state index in [1.54, 1.807) is 0 Å². The first-order valence-corrected chi connectivity index (χ1v) is 5.93. The quantitative estimate of drug-likeness (QED) is 0.759. The number of hydrogen-bond acceptors (Lipinski definition) is 3. The van der Waals surface area contributed by atoms with Crippen LogP contribution in [0.2, 0.25) is 0 Å². The Kier molecular flexibility index (Phi) is 3.67. The van der Waals surface area contributed by atoms with Gasteiger partial charge in [0.2, 0.25) is 0 Å². The summed E-state index contributed by atoms with van der Waals surface area (Å²) in [5.74, 6) is 1.91. The molecule has 0 amide bonds. The molecule has 0 bridgehead atoms. The molecule has 0 aromatic carbocycles. The Bertz CT molecular complexity index is 539. The van der Waals surface area contributed by atoms with Gasteiger partial charge in [0.15, 0.2) is 5.78 Å². The highest BCUT2D eigenvalue weighted by molar-refractivity contribution is 5.97. The second kappa shape index (κ2) is 5.23. The first kappa shape index (κ1) is 12.6. The van der Waals surface area contributed by atoms with Gasteiger partial charge in [0, 0.05) is 25.0 Å². The molecule has 0 fully saturated rings. The molecule has 2 rings (SSSR count). The van der Waals surface area contributed by atoms with Gasteiger partial charge in [-0.2, -0.15) is 0 Å². The maximum Gasteiger partial charge on any atom is 0.178 e. The number of rotatable bonds is 5. The molecule has 0 aliphatic carbocycles. The molecule has 2 aromatic heterocycles. The fraction of sp³-hybridized carbons (Fsp3) is 0.357. The van der Waals surface area contributed by atoms with Crippen LogP contribution < -0.4 is 0 Å². The molecule has 0 atom stereocenters. The molecule has 0 saturated carbocycles. The van der Waals surface area contributed by atoms with E-state index in [0.717, 1.165) is 17.1 Å². The molecule has 0 aliphatic rings. The first-order chi connectivity index (χ1) is 8.54. The molecule has 0 unspecified atom stereocenters. The Morgan fingerprint density at radius 3 is 2.72 bits per heavy atom. The van der Waals surface area contributed by atoms with Crippen LogP contribution in [-0.4, -0.2) is 28.8 Å². The zero-order valence-corrected chi connectivity index (χ0v) is 11.0. The van der Waals surface area contributed by atoms with Crippen molar-refractivity contribution in [3.63, 3.8) is 0 Å². The third-order valence-electron chi connectivity index (χ3n) is 2.79. The van der Waals surface area contributed by atoms with E-state index in [4.69, 9.17) is 4.42 Å². The third kappa shape index (κ3) is 3.11. The zero-order valence-electron chi connectivity index (χ0n) is 11.0. The number of ketones is 1. The molecule has 0 spiro atoms. The number of nitrogens with zero attached hydrogens (tertiary/aromatic N) is 2. The summed E-state index contributed by atoms with van der Waals surface area (Å²) in [6.45, 7) is 2.95. The molecule has 96 valence electrons. The normalized spacial score (nSPS) is 11.1. The topological polar surface area (TPSA) is 38.4 Å². The van der Waals surface area contributed by atoms with Gasteiger partial charge >= 0.3 is 0 Å². The Morgan fingerprint density at radius 1 is 1.39 bits per heavy atom. The summed E-state index contributed by atoms with van der Waals surface area (Å²) in [7, 11) is 3.82. The smallest absolute Gasteiger partial charge is 0.178 e. The number of likely N-dealkylation sites (N-methyl/N-ethyl adjacent to an activating group) is 1. The molecule has 4 heteroatoms. The number of furan rings is 1. The molecule has 0 radical (unpaired) electrons. The van der Waals surface area contributed by atoms with Crippen LogP contribution >= 0.6 is 0 Å². The SMILES string of the molecule is Cc1ccc(CN(C)CC(=O)c2ccn(C)c2)o1. The van der Waals surface area contributed by atoms with Gasteiger partial charge in [-0.1, -0.05) is 0 Å². The molecule has 18 heavy (non-hydrogen) atoms. The highest BCUT2D eigenvalue weighted by Crippen LogP contribution is 2.09. The Morgan fingerprint density at radius 2 is 2.17 bits per heavy atom. The summed E-state index contributed by atoms with van der Waals surface area (Å²) in [6.07, 6.45) is 3.72. The van der Waals surface area contributed by atoms with Crippen molar-refractivity contribution >= 4 is 5.78 Å². The summed E-state index contributed by atoms with van der Waals surface area (Å²) in [4.78, 5) is 13.9. The van der Waals surface area contributed by atoms with Crippen LogP contribution in [-0.2, 0) is 13.6 Å². The van der Waals surface area contributed by atoms with Crippen molar-refractivity contribution < 1.29 is 9.21 Å². The second-order valence-electron chi connectivity index (χ2n) is 4.67. The van der Waals surface area contributed by atoms with Crippen LogP contribution in [0, 0.1) is 6.92 Å². The standard InChI is InChI=1S/C14H18N2O2/c1-11-4-5-13(18-11)9-16(3)10-14(17)12-6-7-15(2)8-12/h4-8H,9-10H2,1-3H3. The van der Waals surface area contributed by atoms with Gasteiger partial charge in [-0.15, -0.1) is 0 Å². The minimum atomic E-state index is 0.126. The highest BCUT2D eigenvalue weighted by atomic mass is 16.3. The van der Waals surface area contributed by atoms with Gasteiger partial charge in [0.25, 0.3) is 0 Å². The van der Waals surface area contributed by atoms with Crippen molar-refractivity contribution in [1.82, 2.24) is 9.47 Å². The van der Waals surface area contributed by atoms with E-state index in [-0.39, 0.29) is 5.78 Å². The van der Waals surface area contributed by atoms with Gasteiger partial charge in [-0.3, -0.25) is 9.69 Å². The number of aryl methyl sites for hydroxylation is 2. The van der Waals surface area contributed by atoms with Gasteiger partial charge in [-0.25, -0.2) is 0 Å². The van der Waals surface area contributed by atoms with Gasteiger partial charge < -0.3 is 8.98 Å². The van der Waals surface area contributed by atoms with E-state index < -0.39 is 0 Å². The summed E-state index contributed by atoms with van der Waals surface area (Å²) in [5.41, 5.74) is 0.750.